The molecule has 3 N–H and O–H groups in total. The van der Waals surface area contributed by atoms with Gasteiger partial charge in [-0.25, -0.2) is 8.42 Å². The van der Waals surface area contributed by atoms with Crippen LogP contribution in [0.3, 0.4) is 0 Å². The van der Waals surface area contributed by atoms with Gasteiger partial charge in [-0.15, -0.1) is 11.3 Å². The second kappa shape index (κ2) is 7.68. The minimum atomic E-state index is -4.74. The van der Waals surface area contributed by atoms with E-state index in [0.29, 0.717) is 23.2 Å². The van der Waals surface area contributed by atoms with Gasteiger partial charge in [0, 0.05) is 24.5 Å². The summed E-state index contributed by atoms with van der Waals surface area (Å²) in [5.41, 5.74) is -1.83. The summed E-state index contributed by atoms with van der Waals surface area (Å²) >= 11 is 0.610. The molecule has 1 aliphatic rings. The smallest absolute Gasteiger partial charge is 0.452 e. The number of aromatic nitrogens is 2. The molecular weight excluding hydrogens is 479 g/mol. The largest absolute Gasteiger partial charge is 0.480 e. The molecule has 3 heterocycles. The fourth-order valence-corrected chi connectivity index (χ4v) is 5.81. The van der Waals surface area contributed by atoms with Crippen molar-refractivity contribution < 1.29 is 45.6 Å². The van der Waals surface area contributed by atoms with Crippen LogP contribution in [-0.4, -0.2) is 47.1 Å². The van der Waals surface area contributed by atoms with Crippen LogP contribution >= 0.6 is 11.3 Å². The van der Waals surface area contributed by atoms with Crippen molar-refractivity contribution in [1.82, 2.24) is 15.0 Å². The summed E-state index contributed by atoms with van der Waals surface area (Å²) in [5, 5.41) is 25.7. The normalized spacial score (nSPS) is 21.1. The van der Waals surface area contributed by atoms with E-state index >= 15 is 0 Å². The van der Waals surface area contributed by atoms with Crippen molar-refractivity contribution >= 4 is 27.3 Å². The number of aliphatic hydroxyl groups excluding tert-OH is 1. The predicted molar refractivity (Wildman–Crippen MR) is 100 cm³/mol. The number of hydrogen-bond donors (Lipinski definition) is 3. The Kier molecular flexibility index (Phi) is 5.39. The van der Waals surface area contributed by atoms with Gasteiger partial charge in [-0.1, -0.05) is 10.3 Å². The summed E-state index contributed by atoms with van der Waals surface area (Å²) in [6, 6.07) is 4.46. The molecule has 3 aromatic rings. The number of sulfonamides is 1. The molecule has 0 aliphatic heterocycles. The lowest BCUT2D eigenvalue weighted by Gasteiger charge is -2.13. The first-order valence-corrected chi connectivity index (χ1v) is 11.2. The number of alkyl halides is 3. The van der Waals surface area contributed by atoms with Gasteiger partial charge >= 0.3 is 12.1 Å². The van der Waals surface area contributed by atoms with E-state index in [1.807, 2.05) is 0 Å². The number of nitrogens with one attached hydrogen (secondary N) is 1. The number of carboxylic acid groups (broad SMARTS) is 1. The fourth-order valence-electron chi connectivity index (χ4n) is 3.15. The number of hydrogen-bond acceptors (Lipinski definition) is 9. The first-order valence-electron chi connectivity index (χ1n) is 8.94. The minimum absolute atomic E-state index is 0.0802. The van der Waals surface area contributed by atoms with Crippen molar-refractivity contribution in [3.8, 4) is 10.6 Å². The Bertz CT molecular complexity index is 1260. The Morgan fingerprint density at radius 1 is 1.28 bits per heavy atom. The van der Waals surface area contributed by atoms with Crippen LogP contribution < -0.4 is 4.72 Å². The van der Waals surface area contributed by atoms with Gasteiger partial charge in [-0.3, -0.25) is 4.79 Å². The SMILES string of the molecule is O=C(O)[C@@]1(NS(=O)(=O)c2ccc(-c3cc(C(F)(F)F)on3)s2)C[C@H]1c1cc(CCO)on1. The van der Waals surface area contributed by atoms with E-state index in [0.717, 1.165) is 6.07 Å². The Balaban J connectivity index is 1.56. The number of aliphatic carboxylic acids is 1. The van der Waals surface area contributed by atoms with Crippen LogP contribution in [0.1, 0.15) is 29.6 Å². The molecule has 172 valence electrons. The van der Waals surface area contributed by atoms with Crippen LogP contribution in [-0.2, 0) is 27.4 Å². The summed E-state index contributed by atoms with van der Waals surface area (Å²) in [4.78, 5) is 12.0. The van der Waals surface area contributed by atoms with E-state index in [-0.39, 0.29) is 39.9 Å². The molecule has 0 unspecified atom stereocenters. The number of carboxylic acids is 1. The zero-order valence-corrected chi connectivity index (χ0v) is 17.4. The van der Waals surface area contributed by atoms with Gasteiger partial charge in [0.05, 0.1) is 17.2 Å². The van der Waals surface area contributed by atoms with E-state index in [2.05, 4.69) is 19.6 Å². The monoisotopic (exact) mass is 493 g/mol. The van der Waals surface area contributed by atoms with Crippen molar-refractivity contribution in [2.45, 2.75) is 34.7 Å². The van der Waals surface area contributed by atoms with Crippen LogP contribution in [0.2, 0.25) is 0 Å². The van der Waals surface area contributed by atoms with E-state index in [1.54, 1.807) is 0 Å². The second-order valence-electron chi connectivity index (χ2n) is 7.02. The Hall–Kier alpha value is -2.75. The highest BCUT2D eigenvalue weighted by atomic mass is 32.2. The zero-order valence-electron chi connectivity index (χ0n) is 15.8. The van der Waals surface area contributed by atoms with Crippen LogP contribution in [0.15, 0.2) is 37.5 Å². The van der Waals surface area contributed by atoms with E-state index in [4.69, 9.17) is 9.63 Å². The summed E-state index contributed by atoms with van der Waals surface area (Å²) in [7, 11) is -4.34. The highest BCUT2D eigenvalue weighted by molar-refractivity contribution is 7.91. The third-order valence-corrected chi connectivity index (χ3v) is 7.95. The number of carbonyl (C=O) groups is 1. The first kappa shape index (κ1) is 22.4. The molecule has 0 spiro atoms. The van der Waals surface area contributed by atoms with Crippen molar-refractivity contribution in [3.63, 3.8) is 0 Å². The molecule has 1 aliphatic carbocycles. The molecule has 1 fully saturated rings. The van der Waals surface area contributed by atoms with Crippen molar-refractivity contribution in [1.29, 1.82) is 0 Å². The first-order chi connectivity index (χ1) is 15.0. The van der Waals surface area contributed by atoms with E-state index < -0.39 is 39.4 Å². The lowest BCUT2D eigenvalue weighted by molar-refractivity contribution is -0.155. The summed E-state index contributed by atoms with van der Waals surface area (Å²) < 4.78 is 74.8. The zero-order chi connectivity index (χ0) is 23.3. The van der Waals surface area contributed by atoms with Gasteiger partial charge in [0.15, 0.2) is 0 Å². The molecule has 0 amide bonds. The average molecular weight is 493 g/mol. The maximum atomic E-state index is 12.8. The van der Waals surface area contributed by atoms with Gasteiger partial charge in [0.1, 0.15) is 21.2 Å². The van der Waals surface area contributed by atoms with Gasteiger partial charge in [0.2, 0.25) is 5.76 Å². The van der Waals surface area contributed by atoms with Crippen LogP contribution in [0.4, 0.5) is 13.2 Å². The molecule has 10 nitrogen and oxygen atoms in total. The van der Waals surface area contributed by atoms with Crippen molar-refractivity contribution in [3.05, 3.63) is 41.5 Å². The minimum Gasteiger partial charge on any atom is -0.480 e. The Morgan fingerprint density at radius 2 is 2.03 bits per heavy atom. The lowest BCUT2D eigenvalue weighted by Crippen LogP contribution is -2.44. The van der Waals surface area contributed by atoms with Crippen LogP contribution in [0, 0.1) is 0 Å². The van der Waals surface area contributed by atoms with Crippen molar-refractivity contribution in [2.75, 3.05) is 6.61 Å². The van der Waals surface area contributed by atoms with Crippen molar-refractivity contribution in [2.24, 2.45) is 0 Å². The predicted octanol–water partition coefficient (Wildman–Crippen LogP) is 2.23. The van der Waals surface area contributed by atoms with E-state index in [1.165, 1.54) is 12.1 Å². The summed E-state index contributed by atoms with van der Waals surface area (Å²) in [6.07, 6.45) is -4.66. The maximum absolute atomic E-state index is 12.8. The van der Waals surface area contributed by atoms with Gasteiger partial charge < -0.3 is 19.3 Å². The molecule has 4 rings (SSSR count). The number of halogens is 3. The number of aliphatic hydroxyl groups is 1. The highest BCUT2D eigenvalue weighted by Crippen LogP contribution is 2.52. The molecule has 0 bridgehead atoms. The number of nitrogens with zero attached hydrogens (tertiary/aromatic N) is 2. The third-order valence-electron chi connectivity index (χ3n) is 4.84. The molecule has 1 saturated carbocycles. The van der Waals surface area contributed by atoms with E-state index in [9.17, 15) is 31.5 Å². The number of thiophene rings is 1. The Morgan fingerprint density at radius 3 is 2.66 bits per heavy atom. The molecule has 0 saturated heterocycles. The molecular formula is C17H14F3N3O7S2. The quantitative estimate of drug-likeness (QED) is 0.428. The molecule has 15 heteroatoms. The molecule has 2 atom stereocenters. The highest BCUT2D eigenvalue weighted by Gasteiger charge is 2.64. The second-order valence-corrected chi connectivity index (χ2v) is 10.0. The third kappa shape index (κ3) is 4.03. The lowest BCUT2D eigenvalue weighted by atomic mass is 10.1. The molecule has 3 aromatic heterocycles. The maximum Gasteiger partial charge on any atom is 0.452 e. The molecule has 0 radical (unpaired) electrons. The van der Waals surface area contributed by atoms with Crippen LogP contribution in [0.5, 0.6) is 0 Å². The Labute approximate surface area is 181 Å². The van der Waals surface area contributed by atoms with Gasteiger partial charge in [-0.05, 0) is 18.6 Å². The average Bonchev–Trinajstić information content (AvgIpc) is 3.18. The number of rotatable bonds is 8. The summed E-state index contributed by atoms with van der Waals surface area (Å²) in [6.45, 7) is -0.202. The van der Waals surface area contributed by atoms with Crippen LogP contribution in [0.25, 0.3) is 10.6 Å². The topological polar surface area (TPSA) is 156 Å². The summed E-state index contributed by atoms with van der Waals surface area (Å²) in [5.74, 6) is -3.22. The molecule has 0 aromatic carbocycles. The van der Waals surface area contributed by atoms with Gasteiger partial charge in [-0.2, -0.15) is 17.9 Å². The standard InChI is InChI=1S/C17H14F3N3O7S2/c18-17(19,20)13-6-11(22-30-13)12-1-2-14(31-12)32(27,28)23-16(15(25)26)7-9(16)10-5-8(3-4-24)29-21-10/h1-2,5-6,9,23-24H,3-4,7H2,(H,25,26)/t9-,16+/m0/s1. The molecule has 32 heavy (non-hydrogen) atoms. The van der Waals surface area contributed by atoms with Gasteiger partial charge in [0.25, 0.3) is 10.0 Å². The fraction of sp³-hybridized carbons (Fsp3) is 0.353.